The highest BCUT2D eigenvalue weighted by Crippen LogP contribution is 2.27. The number of aryl methyl sites for hydroxylation is 4. The van der Waals surface area contributed by atoms with Crippen molar-refractivity contribution in [2.24, 2.45) is 0 Å². The Morgan fingerprint density at radius 2 is 1.89 bits per heavy atom. The van der Waals surface area contributed by atoms with Crippen molar-refractivity contribution in [1.82, 2.24) is 19.7 Å². The fourth-order valence-electron chi connectivity index (χ4n) is 3.60. The number of aromatic nitrogens is 4. The summed E-state index contributed by atoms with van der Waals surface area (Å²) in [5.41, 5.74) is 6.65. The molecule has 0 aliphatic carbocycles. The first kappa shape index (κ1) is 24.9. The first-order chi connectivity index (χ1) is 16.8. The molecule has 0 aliphatic heterocycles. The van der Waals surface area contributed by atoms with Crippen LogP contribution in [0.1, 0.15) is 35.0 Å². The fraction of sp³-hybridized carbons (Fsp3) is 0.308. The second kappa shape index (κ2) is 11.0. The summed E-state index contributed by atoms with van der Waals surface area (Å²) < 4.78 is 7.95. The zero-order chi connectivity index (χ0) is 24.9. The van der Waals surface area contributed by atoms with Crippen molar-refractivity contribution >= 4 is 34.1 Å². The fourth-order valence-corrected chi connectivity index (χ4v) is 5.16. The van der Waals surface area contributed by atoms with Crippen LogP contribution in [0, 0.1) is 27.7 Å². The van der Waals surface area contributed by atoms with Crippen LogP contribution in [0.15, 0.2) is 46.9 Å². The van der Waals surface area contributed by atoms with Gasteiger partial charge in [0.1, 0.15) is 12.4 Å². The highest BCUT2D eigenvalue weighted by molar-refractivity contribution is 7.99. The summed E-state index contributed by atoms with van der Waals surface area (Å²) in [4.78, 5) is 17.1. The second-order valence-corrected chi connectivity index (χ2v) is 10.2. The minimum atomic E-state index is -0.130. The van der Waals surface area contributed by atoms with Crippen molar-refractivity contribution in [3.63, 3.8) is 0 Å². The molecule has 0 saturated carbocycles. The van der Waals surface area contributed by atoms with E-state index in [9.17, 15) is 4.79 Å². The van der Waals surface area contributed by atoms with Gasteiger partial charge in [-0.1, -0.05) is 41.6 Å². The highest BCUT2D eigenvalue weighted by atomic mass is 32.2. The monoisotopic (exact) mass is 507 g/mol. The highest BCUT2D eigenvalue weighted by Gasteiger charge is 2.15. The van der Waals surface area contributed by atoms with E-state index in [1.807, 2.05) is 35.9 Å². The lowest BCUT2D eigenvalue weighted by molar-refractivity contribution is -0.113. The van der Waals surface area contributed by atoms with Gasteiger partial charge >= 0.3 is 0 Å². The lowest BCUT2D eigenvalue weighted by Crippen LogP contribution is -2.14. The van der Waals surface area contributed by atoms with Gasteiger partial charge in [-0.25, -0.2) is 4.98 Å². The predicted molar refractivity (Wildman–Crippen MR) is 142 cm³/mol. The quantitative estimate of drug-likeness (QED) is 0.281. The molecule has 7 nitrogen and oxygen atoms in total. The Labute approximate surface area is 214 Å². The first-order valence-corrected chi connectivity index (χ1v) is 13.3. The Hall–Kier alpha value is -3.17. The standard InChI is InChI=1S/C26H29N5O2S2/c1-6-31-23(13-33-22-10-7-16(2)11-19(22)5)29-30-26(31)35-15-24(32)28-25-27-21(14-34-25)20-9-8-17(3)18(4)12-20/h7-12,14H,6,13,15H2,1-5H3,(H,27,28,32). The van der Waals surface area contributed by atoms with Gasteiger partial charge < -0.3 is 14.6 Å². The maximum absolute atomic E-state index is 12.6. The van der Waals surface area contributed by atoms with Crippen molar-refractivity contribution in [3.05, 3.63) is 69.9 Å². The van der Waals surface area contributed by atoms with E-state index in [1.165, 1.54) is 39.8 Å². The van der Waals surface area contributed by atoms with Gasteiger partial charge in [0.05, 0.1) is 11.4 Å². The van der Waals surface area contributed by atoms with Crippen LogP contribution in [0.4, 0.5) is 5.13 Å². The van der Waals surface area contributed by atoms with Gasteiger partial charge in [-0.2, -0.15) is 0 Å². The van der Waals surface area contributed by atoms with Gasteiger partial charge in [0.15, 0.2) is 16.1 Å². The maximum Gasteiger partial charge on any atom is 0.236 e. The second-order valence-electron chi connectivity index (χ2n) is 8.37. The summed E-state index contributed by atoms with van der Waals surface area (Å²) in [5, 5.41) is 14.7. The summed E-state index contributed by atoms with van der Waals surface area (Å²) in [7, 11) is 0. The van der Waals surface area contributed by atoms with Gasteiger partial charge in [0.2, 0.25) is 5.91 Å². The number of nitrogens with one attached hydrogen (secondary N) is 1. The van der Waals surface area contributed by atoms with Gasteiger partial charge in [-0.05, 0) is 63.4 Å². The van der Waals surface area contributed by atoms with Crippen LogP contribution in [0.2, 0.25) is 0 Å². The molecule has 0 saturated heterocycles. The van der Waals surface area contributed by atoms with E-state index < -0.39 is 0 Å². The van der Waals surface area contributed by atoms with E-state index in [-0.39, 0.29) is 11.7 Å². The van der Waals surface area contributed by atoms with Crippen molar-refractivity contribution in [2.75, 3.05) is 11.1 Å². The van der Waals surface area contributed by atoms with Crippen LogP contribution in [0.25, 0.3) is 11.3 Å². The van der Waals surface area contributed by atoms with Crippen LogP contribution in [0.5, 0.6) is 5.75 Å². The molecule has 9 heteroatoms. The molecule has 0 fully saturated rings. The van der Waals surface area contributed by atoms with Crippen LogP contribution in [-0.2, 0) is 17.9 Å². The average molecular weight is 508 g/mol. The lowest BCUT2D eigenvalue weighted by atomic mass is 10.1. The number of amides is 1. The summed E-state index contributed by atoms with van der Waals surface area (Å²) in [6.45, 7) is 11.3. The zero-order valence-corrected chi connectivity index (χ0v) is 22.2. The minimum absolute atomic E-state index is 0.130. The average Bonchev–Trinajstić information content (AvgIpc) is 3.45. The number of hydrogen-bond acceptors (Lipinski definition) is 7. The molecule has 4 rings (SSSR count). The summed E-state index contributed by atoms with van der Waals surface area (Å²) in [6, 6.07) is 12.3. The molecule has 2 heterocycles. The molecule has 35 heavy (non-hydrogen) atoms. The Morgan fingerprint density at radius 1 is 1.06 bits per heavy atom. The maximum atomic E-state index is 12.6. The molecular weight excluding hydrogens is 478 g/mol. The molecule has 0 atom stereocenters. The van der Waals surface area contributed by atoms with Crippen molar-refractivity contribution < 1.29 is 9.53 Å². The third kappa shape index (κ3) is 6.10. The number of ether oxygens (including phenoxy) is 1. The van der Waals surface area contributed by atoms with Crippen molar-refractivity contribution in [1.29, 1.82) is 0 Å². The number of thioether (sulfide) groups is 1. The van der Waals surface area contributed by atoms with Crippen molar-refractivity contribution in [2.45, 2.75) is 52.9 Å². The molecular formula is C26H29N5O2S2. The molecule has 1 N–H and O–H groups in total. The normalized spacial score (nSPS) is 11.0. The largest absolute Gasteiger partial charge is 0.485 e. The van der Waals surface area contributed by atoms with Gasteiger partial charge in [-0.3, -0.25) is 4.79 Å². The third-order valence-electron chi connectivity index (χ3n) is 5.68. The van der Waals surface area contributed by atoms with E-state index >= 15 is 0 Å². The van der Waals surface area contributed by atoms with E-state index in [2.05, 4.69) is 65.5 Å². The molecule has 2 aromatic carbocycles. The van der Waals surface area contributed by atoms with Gasteiger partial charge in [0, 0.05) is 17.5 Å². The zero-order valence-electron chi connectivity index (χ0n) is 20.6. The van der Waals surface area contributed by atoms with Gasteiger partial charge in [-0.15, -0.1) is 21.5 Å². The smallest absolute Gasteiger partial charge is 0.236 e. The van der Waals surface area contributed by atoms with Crippen LogP contribution in [-0.4, -0.2) is 31.4 Å². The number of rotatable bonds is 9. The molecule has 4 aromatic rings. The lowest BCUT2D eigenvalue weighted by Gasteiger charge is -2.11. The summed E-state index contributed by atoms with van der Waals surface area (Å²) in [5.74, 6) is 1.65. The topological polar surface area (TPSA) is 81.9 Å². The van der Waals surface area contributed by atoms with Crippen LogP contribution >= 0.6 is 23.1 Å². The van der Waals surface area contributed by atoms with E-state index in [4.69, 9.17) is 4.74 Å². The first-order valence-electron chi connectivity index (χ1n) is 11.4. The Balaban J connectivity index is 1.34. The Morgan fingerprint density at radius 3 is 2.63 bits per heavy atom. The van der Waals surface area contributed by atoms with Crippen LogP contribution < -0.4 is 10.1 Å². The van der Waals surface area contributed by atoms with E-state index in [0.717, 1.165) is 28.4 Å². The number of thiazole rings is 1. The van der Waals surface area contributed by atoms with Gasteiger partial charge in [0.25, 0.3) is 0 Å². The summed E-state index contributed by atoms with van der Waals surface area (Å²) >= 11 is 2.77. The SMILES string of the molecule is CCn1c(COc2ccc(C)cc2C)nnc1SCC(=O)Nc1nc(-c2ccc(C)c(C)c2)cs1. The van der Waals surface area contributed by atoms with E-state index in [1.54, 1.807) is 0 Å². The molecule has 0 aliphatic rings. The van der Waals surface area contributed by atoms with E-state index in [0.29, 0.717) is 23.4 Å². The Kier molecular flexibility index (Phi) is 7.87. The number of benzene rings is 2. The molecule has 2 aromatic heterocycles. The summed E-state index contributed by atoms with van der Waals surface area (Å²) in [6.07, 6.45) is 0. The van der Waals surface area contributed by atoms with Crippen molar-refractivity contribution in [3.8, 4) is 17.0 Å². The molecule has 0 spiro atoms. The number of carbonyl (C=O) groups is 1. The molecule has 0 unspecified atom stereocenters. The molecule has 1 amide bonds. The number of hydrogen-bond donors (Lipinski definition) is 1. The number of anilines is 1. The minimum Gasteiger partial charge on any atom is -0.485 e. The molecule has 0 bridgehead atoms. The Bertz CT molecular complexity index is 1350. The molecule has 182 valence electrons. The number of carbonyl (C=O) groups excluding carboxylic acids is 1. The third-order valence-corrected chi connectivity index (χ3v) is 7.41. The predicted octanol–water partition coefficient (Wildman–Crippen LogP) is 5.96. The number of nitrogens with zero attached hydrogens (tertiary/aromatic N) is 4. The molecule has 0 radical (unpaired) electrons. The van der Waals surface area contributed by atoms with Crippen LogP contribution in [0.3, 0.4) is 0 Å².